The maximum absolute atomic E-state index is 7.28. The normalized spacial score (nSPS) is 15.3. The molecule has 0 aromatic heterocycles. The third-order valence-corrected chi connectivity index (χ3v) is 16.8. The molecule has 0 heterocycles. The van der Waals surface area contributed by atoms with Gasteiger partial charge in [-0.3, -0.25) is 0 Å². The van der Waals surface area contributed by atoms with Crippen LogP contribution in [0.15, 0.2) is 72.8 Å². The Kier molecular flexibility index (Phi) is 10.9. The molecule has 0 N–H and O–H groups in total. The summed E-state index contributed by atoms with van der Waals surface area (Å²) >= 11 is 0. The Morgan fingerprint density at radius 1 is 0.806 bits per heavy atom. The van der Waals surface area contributed by atoms with Gasteiger partial charge in [-0.15, -0.1) is 0 Å². The van der Waals surface area contributed by atoms with E-state index in [4.69, 9.17) is 18.3 Å². The Balaban J connectivity index is 2.61. The molecule has 2 aromatic rings. The third-order valence-electron chi connectivity index (χ3n) is 7.26. The molecule has 0 radical (unpaired) electrons. The minimum absolute atomic E-state index is 0.0599. The molecule has 0 aliphatic heterocycles. The lowest BCUT2D eigenvalue weighted by Gasteiger charge is -2.45. The molecule has 0 aliphatic carbocycles. The molecule has 6 heteroatoms. The van der Waals surface area contributed by atoms with Crippen molar-refractivity contribution in [2.24, 2.45) is 0 Å². The van der Waals surface area contributed by atoms with E-state index in [0.29, 0.717) is 6.61 Å². The third kappa shape index (κ3) is 7.27. The standard InChI is InChI=1S/C30H48O4Si2/c1-11-18-27(32-24-31-8)28(34-35(9,10)29(2,3)4)23-33-36(30(5,6)7,25-19-14-12-15-20-25)26-21-16-13-17-22-26/h11-22,27-28H,23-24H2,1-10H3/b18-11+/t27-,28+/m0/s1. The van der Waals surface area contributed by atoms with Crippen LogP contribution in [0.3, 0.4) is 0 Å². The number of rotatable bonds is 12. The summed E-state index contributed by atoms with van der Waals surface area (Å²) in [4.78, 5) is 0. The number of hydrogen-bond donors (Lipinski definition) is 0. The van der Waals surface area contributed by atoms with Crippen LogP contribution in [0.2, 0.25) is 23.2 Å². The summed E-state index contributed by atoms with van der Waals surface area (Å²) in [6, 6.07) is 21.5. The summed E-state index contributed by atoms with van der Waals surface area (Å²) in [5, 5.41) is 2.47. The number of ether oxygens (including phenoxy) is 2. The van der Waals surface area contributed by atoms with Gasteiger partial charge in [-0.1, -0.05) is 114 Å². The quantitative estimate of drug-likeness (QED) is 0.179. The Hall–Kier alpha value is -1.55. The van der Waals surface area contributed by atoms with E-state index in [0.717, 1.165) is 0 Å². The van der Waals surface area contributed by atoms with E-state index in [2.05, 4.69) is 121 Å². The zero-order valence-electron chi connectivity index (χ0n) is 24.1. The molecule has 0 aliphatic rings. The summed E-state index contributed by atoms with van der Waals surface area (Å²) in [6.07, 6.45) is 3.54. The van der Waals surface area contributed by atoms with Gasteiger partial charge in [0.05, 0.1) is 12.7 Å². The van der Waals surface area contributed by atoms with Crippen molar-refractivity contribution in [2.75, 3.05) is 20.5 Å². The highest BCUT2D eigenvalue weighted by Gasteiger charge is 2.51. The molecule has 0 amide bonds. The van der Waals surface area contributed by atoms with Crippen molar-refractivity contribution in [3.63, 3.8) is 0 Å². The van der Waals surface area contributed by atoms with Crippen molar-refractivity contribution in [3.8, 4) is 0 Å². The van der Waals surface area contributed by atoms with Crippen molar-refractivity contribution in [2.45, 2.75) is 83.8 Å². The first-order chi connectivity index (χ1) is 16.8. The summed E-state index contributed by atoms with van der Waals surface area (Å²) < 4.78 is 25.7. The fourth-order valence-corrected chi connectivity index (χ4v) is 10.2. The smallest absolute Gasteiger partial charge is 0.261 e. The van der Waals surface area contributed by atoms with E-state index in [1.54, 1.807) is 7.11 Å². The predicted molar refractivity (Wildman–Crippen MR) is 157 cm³/mol. The second-order valence-corrected chi connectivity index (χ2v) is 21.0. The molecule has 0 saturated heterocycles. The molecule has 0 unspecified atom stereocenters. The highest BCUT2D eigenvalue weighted by molar-refractivity contribution is 6.99. The van der Waals surface area contributed by atoms with Crippen molar-refractivity contribution in [1.29, 1.82) is 0 Å². The number of benzene rings is 2. The van der Waals surface area contributed by atoms with E-state index in [1.165, 1.54) is 10.4 Å². The van der Waals surface area contributed by atoms with Crippen molar-refractivity contribution in [1.82, 2.24) is 0 Å². The van der Waals surface area contributed by atoms with Crippen LogP contribution >= 0.6 is 0 Å². The zero-order chi connectivity index (χ0) is 27.0. The molecule has 0 spiro atoms. The fourth-order valence-electron chi connectivity index (χ4n) is 4.34. The number of methoxy groups -OCH3 is 1. The first-order valence-electron chi connectivity index (χ1n) is 13.0. The van der Waals surface area contributed by atoms with Gasteiger partial charge in [0, 0.05) is 7.11 Å². The highest BCUT2D eigenvalue weighted by Crippen LogP contribution is 2.40. The fraction of sp³-hybridized carbons (Fsp3) is 0.533. The van der Waals surface area contributed by atoms with Gasteiger partial charge in [-0.25, -0.2) is 0 Å². The van der Waals surface area contributed by atoms with E-state index in [-0.39, 0.29) is 29.1 Å². The maximum Gasteiger partial charge on any atom is 0.261 e. The van der Waals surface area contributed by atoms with Crippen LogP contribution in [0.25, 0.3) is 0 Å². The van der Waals surface area contributed by atoms with Gasteiger partial charge in [0.1, 0.15) is 12.9 Å². The molecule has 0 fully saturated rings. The molecule has 2 atom stereocenters. The van der Waals surface area contributed by atoms with Crippen LogP contribution in [0.1, 0.15) is 48.5 Å². The van der Waals surface area contributed by atoms with Crippen LogP contribution in [-0.2, 0) is 18.3 Å². The Bertz CT molecular complexity index is 891. The topological polar surface area (TPSA) is 36.9 Å². The minimum atomic E-state index is -2.71. The Morgan fingerprint density at radius 2 is 1.31 bits per heavy atom. The van der Waals surface area contributed by atoms with Crippen molar-refractivity contribution in [3.05, 3.63) is 72.8 Å². The van der Waals surface area contributed by atoms with Crippen LogP contribution < -0.4 is 10.4 Å². The molecular weight excluding hydrogens is 480 g/mol. The van der Waals surface area contributed by atoms with Gasteiger partial charge in [0.2, 0.25) is 0 Å². The van der Waals surface area contributed by atoms with Gasteiger partial charge < -0.3 is 18.3 Å². The molecule has 36 heavy (non-hydrogen) atoms. The molecule has 200 valence electrons. The van der Waals surface area contributed by atoms with Gasteiger partial charge in [0.25, 0.3) is 8.32 Å². The van der Waals surface area contributed by atoms with E-state index in [9.17, 15) is 0 Å². The number of hydrogen-bond acceptors (Lipinski definition) is 4. The van der Waals surface area contributed by atoms with Crippen LogP contribution in [-0.4, -0.2) is 49.4 Å². The van der Waals surface area contributed by atoms with Crippen LogP contribution in [0, 0.1) is 0 Å². The molecule has 4 nitrogen and oxygen atoms in total. The van der Waals surface area contributed by atoms with Crippen molar-refractivity contribution >= 4 is 27.0 Å². The first kappa shape index (κ1) is 30.7. The Morgan fingerprint density at radius 3 is 1.69 bits per heavy atom. The molecular formula is C30H48O4Si2. The van der Waals surface area contributed by atoms with Gasteiger partial charge in [0.15, 0.2) is 8.32 Å². The Labute approximate surface area is 222 Å². The number of allylic oxidation sites excluding steroid dienone is 1. The van der Waals surface area contributed by atoms with E-state index >= 15 is 0 Å². The van der Waals surface area contributed by atoms with Gasteiger partial charge in [-0.05, 0) is 40.5 Å². The molecule has 2 aromatic carbocycles. The average molecular weight is 529 g/mol. The first-order valence-corrected chi connectivity index (χ1v) is 17.8. The SMILES string of the molecule is C/C=C/[C@H](OCOC)[C@@H](CO[Si](c1ccccc1)(c1ccccc1)C(C)(C)C)O[Si](C)(C)C(C)(C)C. The molecule has 0 bridgehead atoms. The predicted octanol–water partition coefficient (Wildman–Crippen LogP) is 6.52. The lowest BCUT2D eigenvalue weighted by atomic mass is 10.2. The summed E-state index contributed by atoms with van der Waals surface area (Å²) in [6.45, 7) is 20.9. The van der Waals surface area contributed by atoms with Crippen molar-refractivity contribution < 1.29 is 18.3 Å². The molecule has 2 rings (SSSR count). The summed E-state index contributed by atoms with van der Waals surface area (Å²) in [5.41, 5.74) is 0. The monoisotopic (exact) mass is 528 g/mol. The maximum atomic E-state index is 7.28. The van der Waals surface area contributed by atoms with Gasteiger partial charge in [-0.2, -0.15) is 0 Å². The van der Waals surface area contributed by atoms with Crippen LogP contribution in [0.4, 0.5) is 0 Å². The van der Waals surface area contributed by atoms with Crippen LogP contribution in [0.5, 0.6) is 0 Å². The lowest BCUT2D eigenvalue weighted by Crippen LogP contribution is -2.67. The average Bonchev–Trinajstić information content (AvgIpc) is 2.81. The minimum Gasteiger partial charge on any atom is -0.409 e. The lowest BCUT2D eigenvalue weighted by molar-refractivity contribution is -0.0972. The highest BCUT2D eigenvalue weighted by atomic mass is 28.4. The second-order valence-electron chi connectivity index (χ2n) is 12.0. The van der Waals surface area contributed by atoms with E-state index in [1.807, 2.05) is 13.0 Å². The summed E-state index contributed by atoms with van der Waals surface area (Å²) in [5.74, 6) is 0. The van der Waals surface area contributed by atoms with E-state index < -0.39 is 16.6 Å². The zero-order valence-corrected chi connectivity index (χ0v) is 26.1. The van der Waals surface area contributed by atoms with Gasteiger partial charge >= 0.3 is 0 Å². The largest absolute Gasteiger partial charge is 0.409 e. The molecule has 0 saturated carbocycles. The summed E-state index contributed by atoms with van der Waals surface area (Å²) in [7, 11) is -3.18. The second kappa shape index (κ2) is 12.8.